The van der Waals surface area contributed by atoms with E-state index in [9.17, 15) is 4.79 Å². The average Bonchev–Trinajstić information content (AvgIpc) is 3.34. The summed E-state index contributed by atoms with van der Waals surface area (Å²) in [5.74, 6) is 6.89. The van der Waals surface area contributed by atoms with Gasteiger partial charge in [-0.3, -0.25) is 4.79 Å². The monoisotopic (exact) mass is 340 g/mol. The van der Waals surface area contributed by atoms with Crippen LogP contribution in [-0.2, 0) is 19.0 Å². The van der Waals surface area contributed by atoms with Crippen molar-refractivity contribution in [1.29, 1.82) is 0 Å². The molecule has 0 aromatic heterocycles. The highest BCUT2D eigenvalue weighted by atomic mass is 16.7. The van der Waals surface area contributed by atoms with Crippen molar-refractivity contribution in [2.24, 2.45) is 70.5 Å². The fraction of sp³-hybridized carbons (Fsp3) is 0.952. The minimum Gasteiger partial charge on any atom is -0.461 e. The second kappa shape index (κ2) is 3.22. The summed E-state index contributed by atoms with van der Waals surface area (Å²) in [6.07, 6.45) is 5.40. The lowest BCUT2D eigenvalue weighted by Crippen LogP contribution is -2.73. The van der Waals surface area contributed by atoms with Gasteiger partial charge in [-0.25, -0.2) is 0 Å². The first-order chi connectivity index (χ1) is 12.3. The van der Waals surface area contributed by atoms with Crippen molar-refractivity contribution in [3.8, 4) is 0 Å². The molecule has 15 atom stereocenters. The quantitative estimate of drug-likeness (QED) is 0.686. The van der Waals surface area contributed by atoms with Crippen molar-refractivity contribution in [3.05, 3.63) is 0 Å². The van der Waals surface area contributed by atoms with Gasteiger partial charge in [-0.15, -0.1) is 0 Å². The maximum absolute atomic E-state index is 13.8. The van der Waals surface area contributed by atoms with E-state index in [1.165, 1.54) is 19.3 Å². The molecule has 10 fully saturated rings. The highest BCUT2D eigenvalue weighted by Crippen LogP contribution is 2.93. The van der Waals surface area contributed by atoms with Crippen molar-refractivity contribution < 1.29 is 19.0 Å². The van der Waals surface area contributed by atoms with E-state index in [-0.39, 0.29) is 12.1 Å². The summed E-state index contributed by atoms with van der Waals surface area (Å²) >= 11 is 0. The Bertz CT molecular complexity index is 780. The van der Waals surface area contributed by atoms with E-state index in [4.69, 9.17) is 14.2 Å². The number of hydrogen-bond acceptors (Lipinski definition) is 4. The Balaban J connectivity index is 1.45. The van der Waals surface area contributed by atoms with E-state index in [2.05, 4.69) is 0 Å². The molecule has 10 aliphatic rings. The normalized spacial score (nSPS) is 79.1. The Morgan fingerprint density at radius 2 is 1.60 bits per heavy atom. The molecule has 4 heteroatoms. The molecule has 0 amide bonds. The van der Waals surface area contributed by atoms with Crippen LogP contribution in [0.25, 0.3) is 0 Å². The summed E-state index contributed by atoms with van der Waals surface area (Å²) in [6, 6.07) is 0. The van der Waals surface area contributed by atoms with Crippen molar-refractivity contribution in [2.75, 3.05) is 7.11 Å². The van der Waals surface area contributed by atoms with Crippen molar-refractivity contribution >= 4 is 5.97 Å². The maximum Gasteiger partial charge on any atom is 0.318 e. The molecule has 1 spiro atoms. The third kappa shape index (κ3) is 0.818. The third-order valence-corrected chi connectivity index (χ3v) is 11.5. The van der Waals surface area contributed by atoms with Crippen LogP contribution in [0.2, 0.25) is 0 Å². The predicted octanol–water partition coefficient (Wildman–Crippen LogP) is 2.07. The van der Waals surface area contributed by atoms with Crippen LogP contribution in [0, 0.1) is 70.5 Å². The summed E-state index contributed by atoms with van der Waals surface area (Å²) in [5, 5.41) is 0. The molecule has 9 bridgehead atoms. The van der Waals surface area contributed by atoms with E-state index >= 15 is 0 Å². The van der Waals surface area contributed by atoms with Gasteiger partial charge in [-0.2, -0.15) is 0 Å². The molecule has 10 rings (SSSR count). The Morgan fingerprint density at radius 3 is 2.48 bits per heavy atom. The molecule has 2 aliphatic heterocycles. The Kier molecular flexibility index (Phi) is 1.64. The van der Waals surface area contributed by atoms with Gasteiger partial charge in [0.2, 0.25) is 0 Å². The molecular weight excluding hydrogens is 316 g/mol. The van der Waals surface area contributed by atoms with Crippen LogP contribution in [0.15, 0.2) is 0 Å². The molecule has 25 heavy (non-hydrogen) atoms. The summed E-state index contributed by atoms with van der Waals surface area (Å²) < 4.78 is 19.6. The van der Waals surface area contributed by atoms with Crippen LogP contribution >= 0.6 is 0 Å². The molecule has 132 valence electrons. The minimum absolute atomic E-state index is 0.0933. The molecule has 0 aromatic carbocycles. The third-order valence-electron chi connectivity index (χ3n) is 11.5. The van der Waals surface area contributed by atoms with Gasteiger partial charge in [-0.1, -0.05) is 0 Å². The summed E-state index contributed by atoms with van der Waals surface area (Å²) in [6.45, 7) is 0. The van der Waals surface area contributed by atoms with E-state index in [1.54, 1.807) is 0 Å². The Labute approximate surface area is 146 Å². The molecule has 8 aliphatic carbocycles. The van der Waals surface area contributed by atoms with E-state index < -0.39 is 11.2 Å². The SMILES string of the molecule is CO[C@]12O[C@H]3CC[C@H]4[C@H]3[C@H]3[C@H]5[C@@H]6[C@@H]([C@@H]7CC[C@H]8OC(=O)[C@@]1([C@@H]6[C@H]78)[C@@H]45)[C@H]32. The number of carbonyl (C=O) groups is 1. The van der Waals surface area contributed by atoms with E-state index in [1.807, 2.05) is 7.11 Å². The molecule has 4 nitrogen and oxygen atoms in total. The topological polar surface area (TPSA) is 44.8 Å². The zero-order valence-electron chi connectivity index (χ0n) is 14.5. The van der Waals surface area contributed by atoms with Gasteiger partial charge in [0.15, 0.2) is 5.79 Å². The highest BCUT2D eigenvalue weighted by Gasteiger charge is 2.98. The summed E-state index contributed by atoms with van der Waals surface area (Å²) in [5.41, 5.74) is -0.455. The first-order valence-electron chi connectivity index (χ1n) is 10.7. The number of ether oxygens (including phenoxy) is 3. The number of carbonyl (C=O) groups excluding carboxylic acids is 1. The smallest absolute Gasteiger partial charge is 0.318 e. The number of hydrogen-bond donors (Lipinski definition) is 0. The van der Waals surface area contributed by atoms with Crippen LogP contribution in [0.3, 0.4) is 0 Å². The first kappa shape index (κ1) is 12.7. The second-order valence-electron chi connectivity index (χ2n) is 10.9. The van der Waals surface area contributed by atoms with Gasteiger partial charge in [0.25, 0.3) is 0 Å². The van der Waals surface area contributed by atoms with E-state index in [0.29, 0.717) is 35.7 Å². The molecule has 2 heterocycles. The molecule has 0 aromatic rings. The predicted molar refractivity (Wildman–Crippen MR) is 83.8 cm³/mol. The van der Waals surface area contributed by atoms with Gasteiger partial charge in [0.1, 0.15) is 11.5 Å². The van der Waals surface area contributed by atoms with Gasteiger partial charge in [-0.05, 0) is 78.9 Å². The summed E-state index contributed by atoms with van der Waals surface area (Å²) in [7, 11) is 1.84. The standard InChI is InChI=1S/C21H24O4/c1-23-21-18-12-6-2-4-8-11(6)17-14(12)15-13(18)10-7(3-5-9(10)25-21)16(15)20(17,21)19(22)24-8/h6-18H,2-5H2,1H3/t6-,7+,8-,9+,10-,11-,12-,13+,14+,15+,16+,17-,18-,20+,21-/m1/s1. The average molecular weight is 340 g/mol. The number of methoxy groups -OCH3 is 1. The van der Waals surface area contributed by atoms with Crippen molar-refractivity contribution in [1.82, 2.24) is 0 Å². The fourth-order valence-corrected chi connectivity index (χ4v) is 12.1. The molecule has 0 unspecified atom stereocenters. The van der Waals surface area contributed by atoms with Crippen molar-refractivity contribution in [3.63, 3.8) is 0 Å². The zero-order chi connectivity index (χ0) is 16.0. The molecule has 0 N–H and O–H groups in total. The van der Waals surface area contributed by atoms with Crippen molar-refractivity contribution in [2.45, 2.75) is 43.7 Å². The minimum atomic E-state index is -0.649. The van der Waals surface area contributed by atoms with Crippen LogP contribution in [0.1, 0.15) is 25.7 Å². The molecule has 2 saturated heterocycles. The fourth-order valence-electron chi connectivity index (χ4n) is 12.1. The largest absolute Gasteiger partial charge is 0.461 e. The maximum atomic E-state index is 13.8. The Hall–Kier alpha value is -0.610. The van der Waals surface area contributed by atoms with Gasteiger partial charge >= 0.3 is 5.97 Å². The van der Waals surface area contributed by atoms with Gasteiger partial charge in [0.05, 0.1) is 6.10 Å². The lowest BCUT2D eigenvalue weighted by Gasteiger charge is -2.62. The molecular formula is C21H24O4. The van der Waals surface area contributed by atoms with Gasteiger partial charge in [0, 0.05) is 18.9 Å². The highest BCUT2D eigenvalue weighted by molar-refractivity contribution is 5.83. The Morgan fingerprint density at radius 1 is 0.840 bits per heavy atom. The molecule has 0 radical (unpaired) electrons. The van der Waals surface area contributed by atoms with Crippen LogP contribution in [0.5, 0.6) is 0 Å². The lowest BCUT2D eigenvalue weighted by atomic mass is 9.52. The van der Waals surface area contributed by atoms with Crippen LogP contribution in [-0.4, -0.2) is 31.1 Å². The number of rotatable bonds is 1. The zero-order valence-corrected chi connectivity index (χ0v) is 14.5. The lowest BCUT2D eigenvalue weighted by molar-refractivity contribution is -0.389. The molecule has 8 saturated carbocycles. The summed E-state index contributed by atoms with van der Waals surface area (Å²) in [4.78, 5) is 13.8. The second-order valence-corrected chi connectivity index (χ2v) is 10.9. The van der Waals surface area contributed by atoms with E-state index in [0.717, 1.165) is 41.9 Å². The number of esters is 1. The van der Waals surface area contributed by atoms with Gasteiger partial charge < -0.3 is 14.2 Å². The first-order valence-corrected chi connectivity index (χ1v) is 10.7. The van der Waals surface area contributed by atoms with Crippen LogP contribution < -0.4 is 0 Å². The van der Waals surface area contributed by atoms with Crippen LogP contribution in [0.4, 0.5) is 0 Å².